The molecule has 2 saturated heterocycles. The van der Waals surface area contributed by atoms with Crippen LogP contribution < -0.4 is 5.32 Å². The fourth-order valence-electron chi connectivity index (χ4n) is 4.84. The molecule has 0 radical (unpaired) electrons. The van der Waals surface area contributed by atoms with E-state index >= 15 is 0 Å². The Labute approximate surface area is 210 Å². The summed E-state index contributed by atoms with van der Waals surface area (Å²) in [6.45, 7) is 7.56. The van der Waals surface area contributed by atoms with Gasteiger partial charge in [-0.15, -0.1) is 0 Å². The molecule has 35 heavy (non-hydrogen) atoms. The van der Waals surface area contributed by atoms with Gasteiger partial charge in [0.1, 0.15) is 5.15 Å². The number of carbonyl (C=O) groups excluding carboxylic acids is 3. The molecule has 0 aliphatic carbocycles. The molecule has 9 heteroatoms. The van der Waals surface area contributed by atoms with E-state index in [1.807, 2.05) is 30.9 Å². The van der Waals surface area contributed by atoms with E-state index in [0.717, 1.165) is 5.56 Å². The molecule has 2 aliphatic heterocycles. The van der Waals surface area contributed by atoms with E-state index < -0.39 is 5.66 Å². The van der Waals surface area contributed by atoms with Gasteiger partial charge in [-0.25, -0.2) is 9.78 Å². The summed E-state index contributed by atoms with van der Waals surface area (Å²) in [7, 11) is 0. The molecule has 8 nitrogen and oxygen atoms in total. The molecule has 186 valence electrons. The first-order valence-corrected chi connectivity index (χ1v) is 12.4. The van der Waals surface area contributed by atoms with Gasteiger partial charge in [-0.05, 0) is 42.7 Å². The zero-order chi connectivity index (χ0) is 25.2. The van der Waals surface area contributed by atoms with Crippen molar-refractivity contribution in [3.05, 3.63) is 64.4 Å². The maximum Gasteiger partial charge on any atom is 0.338 e. The van der Waals surface area contributed by atoms with Crippen LogP contribution in [-0.4, -0.2) is 64.0 Å². The molecule has 2 aromatic rings. The monoisotopic (exact) mass is 498 g/mol. The average molecular weight is 499 g/mol. The van der Waals surface area contributed by atoms with Crippen LogP contribution in [0.5, 0.6) is 0 Å². The van der Waals surface area contributed by atoms with Crippen molar-refractivity contribution in [2.75, 3.05) is 19.7 Å². The van der Waals surface area contributed by atoms with Crippen molar-refractivity contribution in [3.63, 3.8) is 0 Å². The fourth-order valence-corrected chi connectivity index (χ4v) is 5.04. The first-order valence-electron chi connectivity index (χ1n) is 12.0. The molecule has 2 aliphatic rings. The highest BCUT2D eigenvalue weighted by Gasteiger charge is 2.52. The van der Waals surface area contributed by atoms with E-state index in [2.05, 4.69) is 10.3 Å². The van der Waals surface area contributed by atoms with Gasteiger partial charge in [-0.1, -0.05) is 37.6 Å². The highest BCUT2D eigenvalue weighted by atomic mass is 35.5. The highest BCUT2D eigenvalue weighted by Crippen LogP contribution is 2.36. The lowest BCUT2D eigenvalue weighted by molar-refractivity contribution is -0.134. The Balaban J connectivity index is 1.52. The molecule has 1 spiro atoms. The molecule has 3 heterocycles. The number of rotatable bonds is 6. The summed E-state index contributed by atoms with van der Waals surface area (Å²) in [5.74, 6) is -0.321. The first kappa shape index (κ1) is 25.1. The van der Waals surface area contributed by atoms with Crippen LogP contribution >= 0.6 is 11.6 Å². The van der Waals surface area contributed by atoms with Crippen molar-refractivity contribution in [2.45, 2.75) is 51.9 Å². The average Bonchev–Trinajstić information content (AvgIpc) is 3.11. The lowest BCUT2D eigenvalue weighted by Crippen LogP contribution is -2.59. The lowest BCUT2D eigenvalue weighted by Gasteiger charge is -2.44. The molecule has 0 bridgehead atoms. The maximum atomic E-state index is 13.4. The summed E-state index contributed by atoms with van der Waals surface area (Å²) >= 11 is 6.14. The van der Waals surface area contributed by atoms with Crippen molar-refractivity contribution in [1.29, 1.82) is 0 Å². The SMILES string of the molecule is CCOC(=O)c1ccc(CN2C(=O)C(C(C)C)NC23CCN(C(=O)c2cccnc2Cl)CC3)cc1. The fraction of sp³-hybridized carbons (Fsp3) is 0.462. The number of aromatic nitrogens is 1. The van der Waals surface area contributed by atoms with Crippen LogP contribution in [0.15, 0.2) is 42.6 Å². The standard InChI is InChI=1S/C26H31ClN4O4/c1-4-35-25(34)19-9-7-18(8-10-19)16-31-24(33)21(17(2)3)29-26(31)11-14-30(15-12-26)23(32)20-6-5-13-28-22(20)27/h5-10,13,17,21,29H,4,11-12,14-16H2,1-3H3. The smallest absolute Gasteiger partial charge is 0.338 e. The zero-order valence-corrected chi connectivity index (χ0v) is 21.0. The Morgan fingerprint density at radius 3 is 2.49 bits per heavy atom. The van der Waals surface area contributed by atoms with E-state index in [9.17, 15) is 14.4 Å². The number of hydrogen-bond acceptors (Lipinski definition) is 6. The topological polar surface area (TPSA) is 91.8 Å². The molecule has 1 aromatic carbocycles. The number of likely N-dealkylation sites (tertiary alicyclic amines) is 1. The Hall–Kier alpha value is -2.97. The molecule has 1 aromatic heterocycles. The van der Waals surface area contributed by atoms with Gasteiger partial charge in [0.2, 0.25) is 5.91 Å². The van der Waals surface area contributed by atoms with Crippen LogP contribution in [0.1, 0.15) is 59.9 Å². The third kappa shape index (κ3) is 5.04. The number of amides is 2. The molecule has 0 saturated carbocycles. The largest absolute Gasteiger partial charge is 0.462 e. The first-order chi connectivity index (χ1) is 16.8. The van der Waals surface area contributed by atoms with Gasteiger partial charge in [0.05, 0.1) is 29.4 Å². The quantitative estimate of drug-likeness (QED) is 0.484. The number of benzene rings is 1. The van der Waals surface area contributed by atoms with Gasteiger partial charge in [0.25, 0.3) is 5.91 Å². The summed E-state index contributed by atoms with van der Waals surface area (Å²) in [5, 5.41) is 3.80. The third-order valence-electron chi connectivity index (χ3n) is 6.81. The minimum atomic E-state index is -0.540. The van der Waals surface area contributed by atoms with E-state index in [0.29, 0.717) is 50.2 Å². The Bertz CT molecular complexity index is 1100. The number of halogens is 1. The second kappa shape index (κ2) is 10.3. The summed E-state index contributed by atoms with van der Waals surface area (Å²) in [5.41, 5.74) is 1.26. The van der Waals surface area contributed by atoms with Gasteiger partial charge >= 0.3 is 5.97 Å². The maximum absolute atomic E-state index is 13.4. The molecule has 1 atom stereocenters. The van der Waals surface area contributed by atoms with Gasteiger partial charge in [-0.3, -0.25) is 14.9 Å². The molecule has 2 fully saturated rings. The molecule has 1 N–H and O–H groups in total. The number of hydrogen-bond donors (Lipinski definition) is 1. The van der Waals surface area contributed by atoms with Gasteiger partial charge in [0, 0.05) is 38.7 Å². The summed E-state index contributed by atoms with van der Waals surface area (Å²) in [6, 6.07) is 10.3. The molecule has 4 rings (SSSR count). The van der Waals surface area contributed by atoms with Crippen LogP contribution in [0.2, 0.25) is 5.15 Å². The highest BCUT2D eigenvalue weighted by molar-refractivity contribution is 6.32. The van der Waals surface area contributed by atoms with Crippen LogP contribution in [0.3, 0.4) is 0 Å². The Morgan fingerprint density at radius 2 is 1.89 bits per heavy atom. The lowest BCUT2D eigenvalue weighted by atomic mass is 9.94. The normalized spacial score (nSPS) is 19.5. The predicted octanol–water partition coefficient (Wildman–Crippen LogP) is 3.50. The minimum absolute atomic E-state index is 0.0598. The van der Waals surface area contributed by atoms with E-state index in [1.165, 1.54) is 0 Å². The Morgan fingerprint density at radius 1 is 1.20 bits per heavy atom. The van der Waals surface area contributed by atoms with Gasteiger partial charge in [0.15, 0.2) is 0 Å². The van der Waals surface area contributed by atoms with Crippen molar-refractivity contribution < 1.29 is 19.1 Å². The molecule has 1 unspecified atom stereocenters. The van der Waals surface area contributed by atoms with E-state index in [-0.39, 0.29) is 34.9 Å². The summed E-state index contributed by atoms with van der Waals surface area (Å²) < 4.78 is 5.06. The number of carbonyl (C=O) groups is 3. The van der Waals surface area contributed by atoms with Crippen LogP contribution in [0.4, 0.5) is 0 Å². The minimum Gasteiger partial charge on any atom is -0.462 e. The van der Waals surface area contributed by atoms with Crippen molar-refractivity contribution in [2.24, 2.45) is 5.92 Å². The molecular formula is C26H31ClN4O4. The zero-order valence-electron chi connectivity index (χ0n) is 20.3. The van der Waals surface area contributed by atoms with Crippen molar-refractivity contribution in [1.82, 2.24) is 20.1 Å². The van der Waals surface area contributed by atoms with Crippen molar-refractivity contribution in [3.8, 4) is 0 Å². The van der Waals surface area contributed by atoms with Crippen molar-refractivity contribution >= 4 is 29.4 Å². The number of pyridine rings is 1. The third-order valence-corrected chi connectivity index (χ3v) is 7.11. The van der Waals surface area contributed by atoms with Crippen LogP contribution in [0.25, 0.3) is 0 Å². The number of ether oxygens (including phenoxy) is 1. The number of piperidine rings is 1. The van der Waals surface area contributed by atoms with Crippen LogP contribution in [0, 0.1) is 5.92 Å². The number of nitrogens with zero attached hydrogens (tertiary/aromatic N) is 3. The number of esters is 1. The van der Waals surface area contributed by atoms with Gasteiger partial charge in [-0.2, -0.15) is 0 Å². The second-order valence-electron chi connectivity index (χ2n) is 9.37. The van der Waals surface area contributed by atoms with E-state index in [1.54, 1.807) is 42.3 Å². The molecule has 2 amide bonds. The summed E-state index contributed by atoms with van der Waals surface area (Å²) in [6.07, 6.45) is 2.76. The molecular weight excluding hydrogens is 468 g/mol. The second-order valence-corrected chi connectivity index (χ2v) is 9.73. The number of nitrogens with one attached hydrogen (secondary N) is 1. The predicted molar refractivity (Wildman–Crippen MR) is 132 cm³/mol. The Kier molecular flexibility index (Phi) is 7.42. The van der Waals surface area contributed by atoms with E-state index in [4.69, 9.17) is 16.3 Å². The van der Waals surface area contributed by atoms with Gasteiger partial charge < -0.3 is 14.5 Å². The summed E-state index contributed by atoms with van der Waals surface area (Å²) in [4.78, 5) is 46.2. The van der Waals surface area contributed by atoms with Crippen LogP contribution in [-0.2, 0) is 16.1 Å².